The molecule has 0 spiro atoms. The van der Waals surface area contributed by atoms with Gasteiger partial charge in [0.05, 0.1) is 13.2 Å². The molecule has 0 bridgehead atoms. The molecule has 1 aromatic carbocycles. The molecule has 1 heterocycles. The molecule has 0 aliphatic carbocycles. The predicted octanol–water partition coefficient (Wildman–Crippen LogP) is 3.34. The third-order valence-electron chi connectivity index (χ3n) is 3.77. The second kappa shape index (κ2) is 11.0. The van der Waals surface area contributed by atoms with Gasteiger partial charge < -0.3 is 24.8 Å². The second-order valence-corrected chi connectivity index (χ2v) is 6.30. The summed E-state index contributed by atoms with van der Waals surface area (Å²) in [5.74, 6) is 1.68. The number of alkyl halides is 2. The molecule has 2 aromatic rings. The molecular formula is C20H26F2N4O3. The fraction of sp³-hybridized carbons (Fsp3) is 0.400. The molecule has 2 rings (SSSR count). The van der Waals surface area contributed by atoms with Gasteiger partial charge in [0.25, 0.3) is 0 Å². The van der Waals surface area contributed by atoms with Crippen molar-refractivity contribution in [3.63, 3.8) is 0 Å². The van der Waals surface area contributed by atoms with Gasteiger partial charge in [-0.2, -0.15) is 8.78 Å². The average molecular weight is 408 g/mol. The Labute approximate surface area is 169 Å². The summed E-state index contributed by atoms with van der Waals surface area (Å²) in [6, 6.07) is 8.35. The number of aromatic nitrogens is 1. The molecule has 0 aliphatic rings. The van der Waals surface area contributed by atoms with Crippen LogP contribution in [0, 0.1) is 0 Å². The summed E-state index contributed by atoms with van der Waals surface area (Å²) in [6.45, 7) is 1.67. The first-order valence-electron chi connectivity index (χ1n) is 9.09. The Morgan fingerprint density at radius 1 is 1.10 bits per heavy atom. The lowest BCUT2D eigenvalue weighted by Gasteiger charge is -2.15. The summed E-state index contributed by atoms with van der Waals surface area (Å²) in [7, 11) is 3.13. The Kier molecular flexibility index (Phi) is 8.45. The van der Waals surface area contributed by atoms with Gasteiger partial charge in [0.1, 0.15) is 11.5 Å². The van der Waals surface area contributed by atoms with Crippen molar-refractivity contribution in [2.45, 2.75) is 39.7 Å². The van der Waals surface area contributed by atoms with E-state index in [1.807, 2.05) is 19.9 Å². The van der Waals surface area contributed by atoms with Crippen molar-refractivity contribution in [3.8, 4) is 17.4 Å². The van der Waals surface area contributed by atoms with Gasteiger partial charge in [-0.15, -0.1) is 0 Å². The fourth-order valence-electron chi connectivity index (χ4n) is 2.44. The van der Waals surface area contributed by atoms with Gasteiger partial charge in [-0.05, 0) is 37.6 Å². The average Bonchev–Trinajstić information content (AvgIpc) is 2.69. The van der Waals surface area contributed by atoms with Gasteiger partial charge in [0.2, 0.25) is 5.88 Å². The normalized spacial score (nSPS) is 11.5. The van der Waals surface area contributed by atoms with Crippen molar-refractivity contribution in [2.24, 2.45) is 4.99 Å². The van der Waals surface area contributed by atoms with Gasteiger partial charge in [-0.1, -0.05) is 6.07 Å². The largest absolute Gasteiger partial charge is 0.497 e. The van der Waals surface area contributed by atoms with Gasteiger partial charge in [-0.25, -0.2) is 4.98 Å². The van der Waals surface area contributed by atoms with Crippen LogP contribution >= 0.6 is 0 Å². The minimum Gasteiger partial charge on any atom is -0.497 e. The zero-order valence-corrected chi connectivity index (χ0v) is 16.9. The Bertz CT molecular complexity index is 799. The number of pyridine rings is 1. The van der Waals surface area contributed by atoms with Gasteiger partial charge in [0.15, 0.2) is 5.96 Å². The van der Waals surface area contributed by atoms with Crippen molar-refractivity contribution in [1.29, 1.82) is 0 Å². The first kappa shape index (κ1) is 22.2. The van der Waals surface area contributed by atoms with Gasteiger partial charge in [-0.3, -0.25) is 4.99 Å². The lowest BCUT2D eigenvalue weighted by molar-refractivity contribution is -0.0505. The number of nitrogens with one attached hydrogen (secondary N) is 2. The minimum atomic E-state index is -2.91. The number of methoxy groups -OCH3 is 1. The lowest BCUT2D eigenvalue weighted by atomic mass is 10.2. The van der Waals surface area contributed by atoms with Gasteiger partial charge in [0, 0.05) is 38.0 Å². The van der Waals surface area contributed by atoms with Crippen LogP contribution in [0.3, 0.4) is 0 Å². The highest BCUT2D eigenvalue weighted by Crippen LogP contribution is 2.25. The third kappa shape index (κ3) is 7.44. The van der Waals surface area contributed by atoms with Crippen molar-refractivity contribution < 1.29 is 23.0 Å². The molecule has 0 aliphatic heterocycles. The molecule has 0 radical (unpaired) electrons. The van der Waals surface area contributed by atoms with E-state index in [4.69, 9.17) is 9.47 Å². The van der Waals surface area contributed by atoms with Crippen LogP contribution in [0.4, 0.5) is 8.78 Å². The number of benzene rings is 1. The molecule has 158 valence electrons. The SMILES string of the molecule is CN=C(NCc1ccc(OC(C)C)nc1)NCc1cc(OC)ccc1OC(F)F. The predicted molar refractivity (Wildman–Crippen MR) is 107 cm³/mol. The van der Waals surface area contributed by atoms with E-state index in [0.717, 1.165) is 5.56 Å². The second-order valence-electron chi connectivity index (χ2n) is 6.30. The molecule has 7 nitrogen and oxygen atoms in total. The fourth-order valence-corrected chi connectivity index (χ4v) is 2.44. The van der Waals surface area contributed by atoms with Crippen LogP contribution in [0.5, 0.6) is 17.4 Å². The third-order valence-corrected chi connectivity index (χ3v) is 3.77. The summed E-state index contributed by atoms with van der Waals surface area (Å²) in [6.07, 6.45) is 1.78. The zero-order chi connectivity index (χ0) is 21.2. The summed E-state index contributed by atoms with van der Waals surface area (Å²) in [5.41, 5.74) is 1.46. The number of halogens is 2. The molecule has 0 atom stereocenters. The van der Waals surface area contributed by atoms with E-state index in [1.54, 1.807) is 31.4 Å². The number of hydrogen-bond acceptors (Lipinski definition) is 5. The number of guanidine groups is 1. The quantitative estimate of drug-likeness (QED) is 0.490. The van der Waals surface area contributed by atoms with E-state index < -0.39 is 6.61 Å². The molecule has 29 heavy (non-hydrogen) atoms. The highest BCUT2D eigenvalue weighted by molar-refractivity contribution is 5.79. The lowest BCUT2D eigenvalue weighted by Crippen LogP contribution is -2.36. The Balaban J connectivity index is 1.95. The van der Waals surface area contributed by atoms with Crippen molar-refractivity contribution in [1.82, 2.24) is 15.6 Å². The number of hydrogen-bond donors (Lipinski definition) is 2. The van der Waals surface area contributed by atoms with Crippen LogP contribution in [0.15, 0.2) is 41.5 Å². The number of ether oxygens (including phenoxy) is 3. The maximum atomic E-state index is 12.6. The molecule has 0 fully saturated rings. The maximum absolute atomic E-state index is 12.6. The molecule has 1 aromatic heterocycles. The van der Waals surface area contributed by atoms with Gasteiger partial charge >= 0.3 is 6.61 Å². The number of nitrogens with zero attached hydrogens (tertiary/aromatic N) is 2. The Morgan fingerprint density at radius 3 is 2.45 bits per heavy atom. The molecule has 0 unspecified atom stereocenters. The van der Waals surface area contributed by atoms with E-state index in [-0.39, 0.29) is 18.4 Å². The summed E-state index contributed by atoms with van der Waals surface area (Å²) in [5, 5.41) is 6.21. The highest BCUT2D eigenvalue weighted by atomic mass is 19.3. The van der Waals surface area contributed by atoms with Crippen LogP contribution in [0.1, 0.15) is 25.0 Å². The maximum Gasteiger partial charge on any atom is 0.387 e. The van der Waals surface area contributed by atoms with Crippen LogP contribution in [-0.4, -0.2) is 37.8 Å². The minimum absolute atomic E-state index is 0.0602. The topological polar surface area (TPSA) is 77.0 Å². The summed E-state index contributed by atoms with van der Waals surface area (Å²) in [4.78, 5) is 8.39. The van der Waals surface area contributed by atoms with Crippen LogP contribution in [0.25, 0.3) is 0 Å². The van der Waals surface area contributed by atoms with Crippen LogP contribution in [-0.2, 0) is 13.1 Å². The van der Waals surface area contributed by atoms with E-state index >= 15 is 0 Å². The number of rotatable bonds is 9. The first-order valence-corrected chi connectivity index (χ1v) is 9.09. The van der Waals surface area contributed by atoms with E-state index in [9.17, 15) is 8.78 Å². The molecule has 2 N–H and O–H groups in total. The molecule has 0 saturated heterocycles. The standard InChI is InChI=1S/C20H26F2N4O3/c1-13(2)28-18-8-5-14(10-24-18)11-25-20(23-3)26-12-15-9-16(27-4)6-7-17(15)29-19(21)22/h5-10,13,19H,11-12H2,1-4H3,(H2,23,25,26). The first-order chi connectivity index (χ1) is 13.9. The number of aliphatic imine (C=N–C) groups is 1. The summed E-state index contributed by atoms with van der Waals surface area (Å²) < 4.78 is 40.5. The monoisotopic (exact) mass is 408 g/mol. The molecule has 0 amide bonds. The van der Waals surface area contributed by atoms with Crippen molar-refractivity contribution in [2.75, 3.05) is 14.2 Å². The van der Waals surface area contributed by atoms with Crippen LogP contribution < -0.4 is 24.8 Å². The molecular weight excluding hydrogens is 382 g/mol. The van der Waals surface area contributed by atoms with E-state index in [0.29, 0.717) is 29.7 Å². The van der Waals surface area contributed by atoms with Crippen molar-refractivity contribution >= 4 is 5.96 Å². The van der Waals surface area contributed by atoms with Crippen LogP contribution in [0.2, 0.25) is 0 Å². The highest BCUT2D eigenvalue weighted by Gasteiger charge is 2.11. The van der Waals surface area contributed by atoms with E-state index in [2.05, 4.69) is 25.3 Å². The van der Waals surface area contributed by atoms with E-state index in [1.165, 1.54) is 13.2 Å². The van der Waals surface area contributed by atoms with Crippen molar-refractivity contribution in [3.05, 3.63) is 47.7 Å². The summed E-state index contributed by atoms with van der Waals surface area (Å²) >= 11 is 0. The Hall–Kier alpha value is -3.10. The zero-order valence-electron chi connectivity index (χ0n) is 16.9. The smallest absolute Gasteiger partial charge is 0.387 e. The Morgan fingerprint density at radius 2 is 1.86 bits per heavy atom. The molecule has 0 saturated carbocycles. The molecule has 9 heteroatoms.